The summed E-state index contributed by atoms with van der Waals surface area (Å²) >= 11 is 0. The van der Waals surface area contributed by atoms with Crippen LogP contribution in [0.1, 0.15) is 73.8 Å². The summed E-state index contributed by atoms with van der Waals surface area (Å²) in [5.74, 6) is -0.0790. The molecule has 1 atom stereocenters. The monoisotopic (exact) mass is 358 g/mol. The van der Waals surface area contributed by atoms with Crippen molar-refractivity contribution in [3.05, 3.63) is 35.4 Å². The molecule has 1 aliphatic carbocycles. The first kappa shape index (κ1) is 18.9. The van der Waals surface area contributed by atoms with E-state index in [2.05, 4.69) is 5.32 Å². The molecule has 0 saturated heterocycles. The second kappa shape index (κ2) is 9.17. The summed E-state index contributed by atoms with van der Waals surface area (Å²) in [5, 5.41) is 3.23. The summed E-state index contributed by atoms with van der Waals surface area (Å²) in [5.41, 5.74) is 1.49. The highest BCUT2D eigenvalue weighted by molar-refractivity contribution is 6.04. The lowest BCUT2D eigenvalue weighted by Crippen LogP contribution is -2.43. The molecule has 3 rings (SSSR count). The number of carbonyl (C=O) groups excluding carboxylic acids is 2. The molecule has 1 fully saturated rings. The van der Waals surface area contributed by atoms with Crippen molar-refractivity contribution in [2.45, 2.75) is 64.0 Å². The molecular formula is C21H30N2O3. The van der Waals surface area contributed by atoms with Crippen molar-refractivity contribution >= 4 is 11.8 Å². The third kappa shape index (κ3) is 4.26. The molecule has 0 spiro atoms. The largest absolute Gasteiger partial charge is 0.382 e. The summed E-state index contributed by atoms with van der Waals surface area (Å²) < 4.78 is 5.40. The average Bonchev–Trinajstić information content (AvgIpc) is 2.80. The minimum absolute atomic E-state index is 0.0355. The maximum Gasteiger partial charge on any atom is 0.255 e. The van der Waals surface area contributed by atoms with Crippen LogP contribution in [0.3, 0.4) is 0 Å². The van der Waals surface area contributed by atoms with Crippen molar-refractivity contribution in [1.29, 1.82) is 0 Å². The predicted octanol–water partition coefficient (Wildman–Crippen LogP) is 3.45. The van der Waals surface area contributed by atoms with Crippen LogP contribution in [0.25, 0.3) is 0 Å². The molecular weight excluding hydrogens is 328 g/mol. The van der Waals surface area contributed by atoms with Gasteiger partial charge in [-0.05, 0) is 37.8 Å². The van der Waals surface area contributed by atoms with Gasteiger partial charge in [0.1, 0.15) is 6.04 Å². The third-order valence-electron chi connectivity index (χ3n) is 5.40. The van der Waals surface area contributed by atoms with E-state index in [0.717, 1.165) is 24.8 Å². The predicted molar refractivity (Wildman–Crippen MR) is 101 cm³/mol. The van der Waals surface area contributed by atoms with Gasteiger partial charge < -0.3 is 15.0 Å². The molecule has 1 aliphatic heterocycles. The number of fused-ring (bicyclic) bond motifs is 1. The minimum atomic E-state index is -0.511. The molecule has 5 heteroatoms. The van der Waals surface area contributed by atoms with Gasteiger partial charge in [-0.25, -0.2) is 0 Å². The van der Waals surface area contributed by atoms with Crippen LogP contribution in [-0.2, 0) is 9.53 Å². The van der Waals surface area contributed by atoms with Crippen molar-refractivity contribution in [2.75, 3.05) is 19.8 Å². The summed E-state index contributed by atoms with van der Waals surface area (Å²) in [4.78, 5) is 27.6. The van der Waals surface area contributed by atoms with Crippen molar-refractivity contribution in [3.8, 4) is 0 Å². The Morgan fingerprint density at radius 1 is 1.19 bits per heavy atom. The Labute approximate surface area is 156 Å². The van der Waals surface area contributed by atoms with Gasteiger partial charge in [-0.1, -0.05) is 43.9 Å². The van der Waals surface area contributed by atoms with Crippen LogP contribution in [0.4, 0.5) is 0 Å². The Kier molecular flexibility index (Phi) is 6.67. The number of ether oxygens (including phenoxy) is 1. The molecule has 1 saturated carbocycles. The highest BCUT2D eigenvalue weighted by Crippen LogP contribution is 2.34. The van der Waals surface area contributed by atoms with Crippen molar-refractivity contribution in [2.24, 2.45) is 0 Å². The quantitative estimate of drug-likeness (QED) is 0.600. The van der Waals surface area contributed by atoms with Crippen LogP contribution >= 0.6 is 0 Å². The molecule has 0 radical (unpaired) electrons. The molecule has 2 amide bonds. The number of amides is 2. The second-order valence-electron chi connectivity index (χ2n) is 7.24. The Bertz CT molecular complexity index is 623. The normalized spacial score (nSPS) is 20.7. The molecule has 1 heterocycles. The maximum absolute atomic E-state index is 13.1. The van der Waals surface area contributed by atoms with Crippen LogP contribution < -0.4 is 5.32 Å². The van der Waals surface area contributed by atoms with Gasteiger partial charge in [-0.15, -0.1) is 0 Å². The Hall–Kier alpha value is -1.88. The zero-order valence-corrected chi connectivity index (χ0v) is 15.7. The molecule has 142 valence electrons. The van der Waals surface area contributed by atoms with E-state index in [1.54, 1.807) is 4.90 Å². The van der Waals surface area contributed by atoms with Gasteiger partial charge in [-0.2, -0.15) is 0 Å². The van der Waals surface area contributed by atoms with Gasteiger partial charge in [-0.3, -0.25) is 9.59 Å². The first-order valence-electron chi connectivity index (χ1n) is 10.0. The number of hydrogen-bond donors (Lipinski definition) is 1. The fourth-order valence-corrected chi connectivity index (χ4v) is 4.07. The van der Waals surface area contributed by atoms with Gasteiger partial charge in [0, 0.05) is 31.4 Å². The van der Waals surface area contributed by atoms with Crippen molar-refractivity contribution in [3.63, 3.8) is 0 Å². The topological polar surface area (TPSA) is 58.6 Å². The fraction of sp³-hybridized carbons (Fsp3) is 0.619. The molecule has 26 heavy (non-hydrogen) atoms. The minimum Gasteiger partial charge on any atom is -0.382 e. The SMILES string of the molecule is CCOCCCN1C(=O)c2ccccc2[C@H]1C(=O)NC1CCCCCC1. The number of hydrogen-bond acceptors (Lipinski definition) is 3. The molecule has 1 aromatic rings. The van der Waals surface area contributed by atoms with E-state index >= 15 is 0 Å². The second-order valence-corrected chi connectivity index (χ2v) is 7.24. The Morgan fingerprint density at radius 2 is 1.92 bits per heavy atom. The molecule has 1 N–H and O–H groups in total. The third-order valence-corrected chi connectivity index (χ3v) is 5.40. The van der Waals surface area contributed by atoms with E-state index in [4.69, 9.17) is 4.74 Å². The molecule has 0 unspecified atom stereocenters. The number of nitrogens with zero attached hydrogens (tertiary/aromatic N) is 1. The zero-order chi connectivity index (χ0) is 18.4. The lowest BCUT2D eigenvalue weighted by Gasteiger charge is -2.27. The van der Waals surface area contributed by atoms with E-state index in [9.17, 15) is 9.59 Å². The molecule has 2 aliphatic rings. The van der Waals surface area contributed by atoms with Crippen LogP contribution in [0, 0.1) is 0 Å². The number of carbonyl (C=O) groups is 2. The molecule has 1 aromatic carbocycles. The molecule has 5 nitrogen and oxygen atoms in total. The van der Waals surface area contributed by atoms with Crippen LogP contribution in [0.5, 0.6) is 0 Å². The number of rotatable bonds is 7. The standard InChI is InChI=1S/C21H30N2O3/c1-2-26-15-9-14-23-19(17-12-7-8-13-18(17)21(23)25)20(24)22-16-10-5-3-4-6-11-16/h7-8,12-13,16,19H,2-6,9-11,14-15H2,1H3,(H,22,24)/t19-/m0/s1. The van der Waals surface area contributed by atoms with Gasteiger partial charge in [0.05, 0.1) is 0 Å². The Balaban J connectivity index is 1.73. The Morgan fingerprint density at radius 3 is 2.65 bits per heavy atom. The molecule has 0 aromatic heterocycles. The smallest absolute Gasteiger partial charge is 0.255 e. The molecule has 0 bridgehead atoms. The fourth-order valence-electron chi connectivity index (χ4n) is 4.07. The number of nitrogens with one attached hydrogen (secondary N) is 1. The summed E-state index contributed by atoms with van der Waals surface area (Å²) in [7, 11) is 0. The van der Waals surface area contributed by atoms with E-state index in [-0.39, 0.29) is 17.9 Å². The lowest BCUT2D eigenvalue weighted by molar-refractivity contribution is -0.126. The number of benzene rings is 1. The lowest BCUT2D eigenvalue weighted by atomic mass is 10.0. The van der Waals surface area contributed by atoms with Gasteiger partial charge >= 0.3 is 0 Å². The van der Waals surface area contributed by atoms with E-state index in [1.165, 1.54) is 25.7 Å². The van der Waals surface area contributed by atoms with E-state index < -0.39 is 6.04 Å². The summed E-state index contributed by atoms with van der Waals surface area (Å²) in [6.45, 7) is 3.77. The van der Waals surface area contributed by atoms with E-state index in [1.807, 2.05) is 31.2 Å². The zero-order valence-electron chi connectivity index (χ0n) is 15.7. The summed E-state index contributed by atoms with van der Waals surface area (Å²) in [6.07, 6.45) is 7.66. The van der Waals surface area contributed by atoms with Gasteiger partial charge in [0.25, 0.3) is 5.91 Å². The van der Waals surface area contributed by atoms with Crippen LogP contribution in [0.15, 0.2) is 24.3 Å². The van der Waals surface area contributed by atoms with Gasteiger partial charge in [0.2, 0.25) is 5.91 Å². The van der Waals surface area contributed by atoms with Crippen LogP contribution in [-0.4, -0.2) is 42.5 Å². The first-order valence-corrected chi connectivity index (χ1v) is 10.0. The van der Waals surface area contributed by atoms with E-state index in [0.29, 0.717) is 25.3 Å². The highest BCUT2D eigenvalue weighted by Gasteiger charge is 2.40. The van der Waals surface area contributed by atoms with Crippen LogP contribution in [0.2, 0.25) is 0 Å². The maximum atomic E-state index is 13.1. The highest BCUT2D eigenvalue weighted by atomic mass is 16.5. The van der Waals surface area contributed by atoms with Crippen molar-refractivity contribution < 1.29 is 14.3 Å². The average molecular weight is 358 g/mol. The van der Waals surface area contributed by atoms with Crippen molar-refractivity contribution in [1.82, 2.24) is 10.2 Å². The summed E-state index contributed by atoms with van der Waals surface area (Å²) in [6, 6.07) is 7.23. The first-order chi connectivity index (χ1) is 12.7. The van der Waals surface area contributed by atoms with Gasteiger partial charge in [0.15, 0.2) is 0 Å².